The summed E-state index contributed by atoms with van der Waals surface area (Å²) in [6.45, 7) is 4.37. The lowest BCUT2D eigenvalue weighted by Gasteiger charge is -2.34. The van der Waals surface area contributed by atoms with Crippen LogP contribution in [0.1, 0.15) is 12.5 Å². The highest BCUT2D eigenvalue weighted by Crippen LogP contribution is 2.31. The first-order valence-electron chi connectivity index (χ1n) is 10.2. The minimum Gasteiger partial charge on any atom is -0.497 e. The van der Waals surface area contributed by atoms with Crippen LogP contribution in [0.15, 0.2) is 47.4 Å². The lowest BCUT2D eigenvalue weighted by atomic mass is 10.1. The number of carbonyl (C=O) groups is 1. The number of carbonyl (C=O) groups excluding carboxylic acids is 1. The van der Waals surface area contributed by atoms with Gasteiger partial charge in [0.05, 0.1) is 34.4 Å². The molecule has 0 atom stereocenters. The average molecular weight is 460 g/mol. The molecule has 0 aliphatic carbocycles. The Balaban J connectivity index is 1.36. The first-order chi connectivity index (χ1) is 14.9. The van der Waals surface area contributed by atoms with Gasteiger partial charge in [0.2, 0.25) is 5.91 Å². The van der Waals surface area contributed by atoms with E-state index < -0.39 is 9.84 Å². The molecule has 3 aromatic rings. The van der Waals surface area contributed by atoms with Crippen LogP contribution in [0.25, 0.3) is 10.2 Å². The van der Waals surface area contributed by atoms with Crippen molar-refractivity contribution in [3.8, 4) is 5.75 Å². The standard InChI is InChI=1S/C22H25N3O4S2/c1-3-31(27,28)18-7-4-16(5-8-18)14-21(26)24-10-12-25(13-11-24)22-23-19-9-6-17(29-2)15-20(19)30-22/h4-9,15H,3,10-14H2,1-2H3. The number of hydrogen-bond acceptors (Lipinski definition) is 7. The van der Waals surface area contributed by atoms with Crippen molar-refractivity contribution in [2.24, 2.45) is 0 Å². The highest BCUT2D eigenvalue weighted by atomic mass is 32.2. The van der Waals surface area contributed by atoms with Crippen LogP contribution in [0.4, 0.5) is 5.13 Å². The molecule has 0 unspecified atom stereocenters. The van der Waals surface area contributed by atoms with Crippen LogP contribution in [-0.4, -0.2) is 63.3 Å². The molecule has 2 aromatic carbocycles. The molecule has 31 heavy (non-hydrogen) atoms. The summed E-state index contributed by atoms with van der Waals surface area (Å²) >= 11 is 1.63. The normalized spacial score (nSPS) is 14.8. The number of benzene rings is 2. The van der Waals surface area contributed by atoms with Gasteiger partial charge in [0, 0.05) is 26.2 Å². The zero-order valence-electron chi connectivity index (χ0n) is 17.6. The lowest BCUT2D eigenvalue weighted by molar-refractivity contribution is -0.130. The van der Waals surface area contributed by atoms with Crippen molar-refractivity contribution in [3.63, 3.8) is 0 Å². The van der Waals surface area contributed by atoms with E-state index in [0.717, 1.165) is 39.8 Å². The highest BCUT2D eigenvalue weighted by Gasteiger charge is 2.23. The second-order valence-corrected chi connectivity index (χ2v) is 10.7. The van der Waals surface area contributed by atoms with Gasteiger partial charge in [-0.3, -0.25) is 4.79 Å². The van der Waals surface area contributed by atoms with Gasteiger partial charge in [-0.2, -0.15) is 0 Å². The predicted octanol–water partition coefficient (Wildman–Crippen LogP) is 2.99. The predicted molar refractivity (Wildman–Crippen MR) is 123 cm³/mol. The number of aromatic nitrogens is 1. The molecule has 0 radical (unpaired) electrons. The maximum Gasteiger partial charge on any atom is 0.227 e. The maximum atomic E-state index is 12.7. The number of sulfone groups is 1. The van der Waals surface area contributed by atoms with Crippen molar-refractivity contribution in [2.45, 2.75) is 18.2 Å². The van der Waals surface area contributed by atoms with E-state index in [1.807, 2.05) is 23.1 Å². The number of thiazole rings is 1. The number of amides is 1. The lowest BCUT2D eigenvalue weighted by Crippen LogP contribution is -2.49. The van der Waals surface area contributed by atoms with Gasteiger partial charge in [-0.05, 0) is 35.9 Å². The van der Waals surface area contributed by atoms with E-state index in [9.17, 15) is 13.2 Å². The van der Waals surface area contributed by atoms with Gasteiger partial charge in [0.15, 0.2) is 15.0 Å². The van der Waals surface area contributed by atoms with Crippen LogP contribution >= 0.6 is 11.3 Å². The summed E-state index contributed by atoms with van der Waals surface area (Å²) in [5.74, 6) is 0.941. The van der Waals surface area contributed by atoms with Gasteiger partial charge in [-0.15, -0.1) is 0 Å². The number of nitrogens with zero attached hydrogens (tertiary/aromatic N) is 3. The van der Waals surface area contributed by atoms with Crippen molar-refractivity contribution in [2.75, 3.05) is 43.9 Å². The van der Waals surface area contributed by atoms with Crippen LogP contribution in [0.2, 0.25) is 0 Å². The van der Waals surface area contributed by atoms with Gasteiger partial charge < -0.3 is 14.5 Å². The Morgan fingerprint density at radius 3 is 2.45 bits per heavy atom. The van der Waals surface area contributed by atoms with Crippen molar-refractivity contribution < 1.29 is 17.9 Å². The third-order valence-electron chi connectivity index (χ3n) is 5.51. The Labute approximate surface area is 186 Å². The number of hydrogen-bond donors (Lipinski definition) is 0. The molecule has 1 aliphatic heterocycles. The molecule has 1 fully saturated rings. The number of anilines is 1. The molecule has 2 heterocycles. The monoisotopic (exact) mass is 459 g/mol. The molecule has 0 saturated carbocycles. The van der Waals surface area contributed by atoms with E-state index >= 15 is 0 Å². The SMILES string of the molecule is CCS(=O)(=O)c1ccc(CC(=O)N2CCN(c3nc4ccc(OC)cc4s3)CC2)cc1. The molecule has 1 aliphatic rings. The summed E-state index contributed by atoms with van der Waals surface area (Å²) in [6.07, 6.45) is 0.271. The number of methoxy groups -OCH3 is 1. The molecular weight excluding hydrogens is 434 g/mol. The molecule has 164 valence electrons. The third-order valence-corrected chi connectivity index (χ3v) is 8.33. The molecule has 0 N–H and O–H groups in total. The quantitative estimate of drug-likeness (QED) is 0.564. The van der Waals surface area contributed by atoms with Crippen LogP contribution in [0.3, 0.4) is 0 Å². The molecule has 1 amide bonds. The summed E-state index contributed by atoms with van der Waals surface area (Å²) in [5.41, 5.74) is 1.77. The number of rotatable bonds is 6. The second-order valence-electron chi connectivity index (χ2n) is 7.42. The van der Waals surface area contributed by atoms with Crippen LogP contribution < -0.4 is 9.64 Å². The van der Waals surface area contributed by atoms with E-state index in [2.05, 4.69) is 4.90 Å². The van der Waals surface area contributed by atoms with E-state index in [-0.39, 0.29) is 18.1 Å². The second kappa shape index (κ2) is 8.84. The Kier molecular flexibility index (Phi) is 6.15. The minimum atomic E-state index is -3.22. The molecule has 0 bridgehead atoms. The van der Waals surface area contributed by atoms with Gasteiger partial charge in [0.1, 0.15) is 5.75 Å². The van der Waals surface area contributed by atoms with Gasteiger partial charge in [-0.25, -0.2) is 13.4 Å². The smallest absolute Gasteiger partial charge is 0.227 e. The molecule has 1 saturated heterocycles. The first kappa shape index (κ1) is 21.6. The summed E-state index contributed by atoms with van der Waals surface area (Å²) < 4.78 is 30.2. The highest BCUT2D eigenvalue weighted by molar-refractivity contribution is 7.91. The van der Waals surface area contributed by atoms with E-state index in [4.69, 9.17) is 9.72 Å². The Morgan fingerprint density at radius 1 is 1.10 bits per heavy atom. The molecule has 0 spiro atoms. The fourth-order valence-electron chi connectivity index (χ4n) is 3.57. The van der Waals surface area contributed by atoms with E-state index in [1.165, 1.54) is 0 Å². The molecule has 7 nitrogen and oxygen atoms in total. The Hall–Kier alpha value is -2.65. The van der Waals surface area contributed by atoms with Crippen LogP contribution in [-0.2, 0) is 21.1 Å². The zero-order chi connectivity index (χ0) is 22.0. The van der Waals surface area contributed by atoms with Crippen LogP contribution in [0.5, 0.6) is 5.75 Å². The van der Waals surface area contributed by atoms with Crippen molar-refractivity contribution >= 4 is 42.4 Å². The molecule has 9 heteroatoms. The van der Waals surface area contributed by atoms with Gasteiger partial charge in [0.25, 0.3) is 0 Å². The zero-order valence-corrected chi connectivity index (χ0v) is 19.2. The van der Waals surface area contributed by atoms with E-state index in [0.29, 0.717) is 18.0 Å². The first-order valence-corrected chi connectivity index (χ1v) is 12.7. The summed E-state index contributed by atoms with van der Waals surface area (Å²) in [4.78, 5) is 21.8. The molecular formula is C22H25N3O4S2. The molecule has 1 aromatic heterocycles. The topological polar surface area (TPSA) is 79.8 Å². The largest absolute Gasteiger partial charge is 0.497 e. The summed E-state index contributed by atoms with van der Waals surface area (Å²) in [6, 6.07) is 12.5. The van der Waals surface area contributed by atoms with Crippen LogP contribution in [0, 0.1) is 0 Å². The number of ether oxygens (including phenoxy) is 1. The Bertz CT molecular complexity index is 1180. The maximum absolute atomic E-state index is 12.7. The van der Waals surface area contributed by atoms with Crippen molar-refractivity contribution in [1.29, 1.82) is 0 Å². The summed E-state index contributed by atoms with van der Waals surface area (Å²) in [5, 5.41) is 0.961. The molecule has 4 rings (SSSR count). The number of fused-ring (bicyclic) bond motifs is 1. The van der Waals surface area contributed by atoms with Gasteiger partial charge >= 0.3 is 0 Å². The van der Waals surface area contributed by atoms with E-state index in [1.54, 1.807) is 49.6 Å². The minimum absolute atomic E-state index is 0.0554. The Morgan fingerprint density at radius 2 is 1.81 bits per heavy atom. The van der Waals surface area contributed by atoms with Gasteiger partial charge in [-0.1, -0.05) is 30.4 Å². The fourth-order valence-corrected chi connectivity index (χ4v) is 5.50. The summed E-state index contributed by atoms with van der Waals surface area (Å²) in [7, 11) is -1.57. The van der Waals surface area contributed by atoms with Crippen molar-refractivity contribution in [1.82, 2.24) is 9.88 Å². The number of piperazine rings is 1. The average Bonchev–Trinajstić information content (AvgIpc) is 3.23. The van der Waals surface area contributed by atoms with Crippen molar-refractivity contribution in [3.05, 3.63) is 48.0 Å². The fraction of sp³-hybridized carbons (Fsp3) is 0.364. The third kappa shape index (κ3) is 4.67.